The smallest absolute Gasteiger partial charge is 0.257 e. The highest BCUT2D eigenvalue weighted by Crippen LogP contribution is 2.50. The molecule has 3 aliphatic rings. The lowest BCUT2D eigenvalue weighted by atomic mass is 9.99. The first-order valence-corrected chi connectivity index (χ1v) is 10.6. The van der Waals surface area contributed by atoms with Gasteiger partial charge in [-0.05, 0) is 49.8 Å². The normalized spacial score (nSPS) is 26.3. The number of halogens is 3. The van der Waals surface area contributed by atoms with Crippen molar-refractivity contribution in [3.8, 4) is 0 Å². The molecule has 1 N–H and O–H groups in total. The molecular formula is C22H28F3N3O2. The molecule has 1 saturated carbocycles. The van der Waals surface area contributed by atoms with Crippen LogP contribution in [0.25, 0.3) is 0 Å². The molecule has 1 aliphatic carbocycles. The molecule has 2 amide bonds. The van der Waals surface area contributed by atoms with Gasteiger partial charge in [0.15, 0.2) is 0 Å². The van der Waals surface area contributed by atoms with E-state index in [1.165, 1.54) is 12.1 Å². The van der Waals surface area contributed by atoms with Gasteiger partial charge in [0.2, 0.25) is 11.8 Å². The molecule has 2 saturated heterocycles. The fourth-order valence-corrected chi connectivity index (χ4v) is 4.87. The van der Waals surface area contributed by atoms with Gasteiger partial charge in [0.1, 0.15) is 11.9 Å². The Bertz CT molecular complexity index is 805. The number of nitrogens with one attached hydrogen (secondary N) is 1. The van der Waals surface area contributed by atoms with Crippen molar-refractivity contribution in [2.75, 3.05) is 19.6 Å². The molecule has 1 spiro atoms. The zero-order valence-electron chi connectivity index (χ0n) is 17.2. The molecule has 4 rings (SSSR count). The number of rotatable bonds is 5. The molecule has 0 unspecified atom stereocenters. The summed E-state index contributed by atoms with van der Waals surface area (Å²) in [7, 11) is 0. The minimum Gasteiger partial charge on any atom is -0.350 e. The van der Waals surface area contributed by atoms with Gasteiger partial charge in [0, 0.05) is 32.6 Å². The van der Waals surface area contributed by atoms with Crippen LogP contribution in [-0.2, 0) is 16.1 Å². The number of carbonyl (C=O) groups is 2. The average Bonchev–Trinajstić information content (AvgIpc) is 3.33. The van der Waals surface area contributed by atoms with Gasteiger partial charge in [0.05, 0.1) is 12.0 Å². The molecule has 2 aliphatic heterocycles. The van der Waals surface area contributed by atoms with Crippen molar-refractivity contribution >= 4 is 11.8 Å². The van der Waals surface area contributed by atoms with Crippen LogP contribution in [0.3, 0.4) is 0 Å². The Kier molecular flexibility index (Phi) is 5.55. The second-order valence-electron chi connectivity index (χ2n) is 9.15. The van der Waals surface area contributed by atoms with Crippen LogP contribution < -0.4 is 5.32 Å². The zero-order chi connectivity index (χ0) is 21.5. The maximum absolute atomic E-state index is 13.6. The molecule has 0 aromatic heterocycles. The van der Waals surface area contributed by atoms with Gasteiger partial charge in [-0.3, -0.25) is 14.5 Å². The van der Waals surface area contributed by atoms with Crippen LogP contribution in [-0.4, -0.2) is 59.3 Å². The Morgan fingerprint density at radius 1 is 1.20 bits per heavy atom. The zero-order valence-corrected chi connectivity index (χ0v) is 17.2. The van der Waals surface area contributed by atoms with Gasteiger partial charge in [-0.25, -0.2) is 13.2 Å². The van der Waals surface area contributed by atoms with Crippen molar-refractivity contribution in [3.05, 3.63) is 35.6 Å². The quantitative estimate of drug-likeness (QED) is 0.792. The van der Waals surface area contributed by atoms with E-state index in [1.807, 2.05) is 0 Å². The van der Waals surface area contributed by atoms with E-state index in [-0.39, 0.29) is 36.8 Å². The van der Waals surface area contributed by atoms with Gasteiger partial charge in [-0.1, -0.05) is 12.1 Å². The minimum atomic E-state index is -2.80. The summed E-state index contributed by atoms with van der Waals surface area (Å²) >= 11 is 0. The number of nitrogens with zero attached hydrogens (tertiary/aromatic N) is 2. The Morgan fingerprint density at radius 2 is 1.90 bits per heavy atom. The molecule has 1 aromatic rings. The first-order chi connectivity index (χ1) is 14.2. The second-order valence-corrected chi connectivity index (χ2v) is 9.15. The lowest BCUT2D eigenvalue weighted by Crippen LogP contribution is -2.55. The van der Waals surface area contributed by atoms with Gasteiger partial charge in [-0.2, -0.15) is 0 Å². The maximum atomic E-state index is 13.6. The third-order valence-corrected chi connectivity index (χ3v) is 6.53. The van der Waals surface area contributed by atoms with Crippen molar-refractivity contribution in [2.24, 2.45) is 5.41 Å². The Labute approximate surface area is 174 Å². The van der Waals surface area contributed by atoms with Crippen molar-refractivity contribution in [1.82, 2.24) is 15.1 Å². The molecule has 164 valence electrons. The third kappa shape index (κ3) is 4.48. The third-order valence-electron chi connectivity index (χ3n) is 6.53. The number of alkyl halides is 2. The van der Waals surface area contributed by atoms with E-state index in [9.17, 15) is 22.8 Å². The van der Waals surface area contributed by atoms with E-state index in [2.05, 4.69) is 5.32 Å². The second kappa shape index (κ2) is 7.87. The van der Waals surface area contributed by atoms with E-state index < -0.39 is 17.4 Å². The fraction of sp³-hybridized carbons (Fsp3) is 0.636. The van der Waals surface area contributed by atoms with Crippen LogP contribution in [0.15, 0.2) is 24.3 Å². The lowest BCUT2D eigenvalue weighted by molar-refractivity contribution is -0.147. The molecule has 8 heteroatoms. The highest BCUT2D eigenvalue weighted by Gasteiger charge is 2.57. The Morgan fingerprint density at radius 3 is 2.53 bits per heavy atom. The molecule has 1 aromatic carbocycles. The highest BCUT2D eigenvalue weighted by molar-refractivity contribution is 5.92. The standard InChI is InChI=1S/C22H28F3N3O2/c1-21(24,25)13-27-11-8-17-6-7-18(28(17)20(30)22(14-27)9-10-22)19(29)26-12-15-2-4-16(23)5-3-15/h2-5,17-18H,6-14H2,1H3,(H,26,29)/t17-,18+/m1/s1. The van der Waals surface area contributed by atoms with E-state index >= 15 is 0 Å². The summed E-state index contributed by atoms with van der Waals surface area (Å²) in [5.74, 6) is -3.39. The minimum absolute atomic E-state index is 0.0592. The topological polar surface area (TPSA) is 52.7 Å². The molecule has 0 bridgehead atoms. The van der Waals surface area contributed by atoms with Crippen LogP contribution in [0, 0.1) is 11.2 Å². The van der Waals surface area contributed by atoms with Crippen LogP contribution in [0.5, 0.6) is 0 Å². The van der Waals surface area contributed by atoms with Crippen molar-refractivity contribution in [1.29, 1.82) is 0 Å². The molecule has 0 radical (unpaired) electrons. The number of hydrogen-bond donors (Lipinski definition) is 1. The Hall–Kier alpha value is -2.09. The summed E-state index contributed by atoms with van der Waals surface area (Å²) in [5.41, 5.74) is 0.164. The molecular weight excluding hydrogens is 395 g/mol. The van der Waals surface area contributed by atoms with E-state index in [0.717, 1.165) is 12.5 Å². The highest BCUT2D eigenvalue weighted by atomic mass is 19.3. The molecule has 5 nitrogen and oxygen atoms in total. The molecule has 2 atom stereocenters. The predicted molar refractivity (Wildman–Crippen MR) is 105 cm³/mol. The van der Waals surface area contributed by atoms with Gasteiger partial charge >= 0.3 is 0 Å². The van der Waals surface area contributed by atoms with Crippen LogP contribution >= 0.6 is 0 Å². The summed E-state index contributed by atoms with van der Waals surface area (Å²) in [4.78, 5) is 29.7. The lowest BCUT2D eigenvalue weighted by Gasteiger charge is -2.39. The van der Waals surface area contributed by atoms with E-state index in [1.54, 1.807) is 21.9 Å². The van der Waals surface area contributed by atoms with E-state index in [0.29, 0.717) is 45.2 Å². The van der Waals surface area contributed by atoms with Crippen molar-refractivity contribution < 1.29 is 22.8 Å². The number of benzene rings is 1. The SMILES string of the molecule is CC(F)(F)CN1CC[C@H]2CC[C@@H](C(=O)NCc3ccc(F)cc3)N2C(=O)C2(CC2)C1. The number of fused-ring (bicyclic) bond motifs is 1. The van der Waals surface area contributed by atoms with Crippen LogP contribution in [0.2, 0.25) is 0 Å². The largest absolute Gasteiger partial charge is 0.350 e. The monoisotopic (exact) mass is 423 g/mol. The van der Waals surface area contributed by atoms with Crippen LogP contribution in [0.1, 0.15) is 44.6 Å². The number of hydrogen-bond acceptors (Lipinski definition) is 3. The Balaban J connectivity index is 1.44. The van der Waals surface area contributed by atoms with E-state index in [4.69, 9.17) is 0 Å². The van der Waals surface area contributed by atoms with Crippen molar-refractivity contribution in [3.63, 3.8) is 0 Å². The molecule has 3 fully saturated rings. The summed E-state index contributed by atoms with van der Waals surface area (Å²) in [5, 5.41) is 2.87. The molecule has 30 heavy (non-hydrogen) atoms. The predicted octanol–water partition coefficient (Wildman–Crippen LogP) is 2.94. The van der Waals surface area contributed by atoms with Crippen LogP contribution in [0.4, 0.5) is 13.2 Å². The fourth-order valence-electron chi connectivity index (χ4n) is 4.87. The number of carbonyl (C=O) groups excluding carboxylic acids is 2. The summed E-state index contributed by atoms with van der Waals surface area (Å²) < 4.78 is 40.2. The van der Waals surface area contributed by atoms with Crippen molar-refractivity contribution in [2.45, 2.75) is 63.6 Å². The molecule has 2 heterocycles. The maximum Gasteiger partial charge on any atom is 0.257 e. The first-order valence-electron chi connectivity index (χ1n) is 10.6. The van der Waals surface area contributed by atoms with Gasteiger partial charge in [0.25, 0.3) is 5.92 Å². The summed E-state index contributed by atoms with van der Waals surface area (Å²) in [6, 6.07) is 5.30. The number of amides is 2. The van der Waals surface area contributed by atoms with Gasteiger partial charge < -0.3 is 10.2 Å². The summed E-state index contributed by atoms with van der Waals surface area (Å²) in [6.07, 6.45) is 3.24. The average molecular weight is 423 g/mol. The summed E-state index contributed by atoms with van der Waals surface area (Å²) in [6.45, 7) is 1.69. The van der Waals surface area contributed by atoms with Gasteiger partial charge in [-0.15, -0.1) is 0 Å². The first kappa shape index (κ1) is 21.2.